The number of benzene rings is 2. The Morgan fingerprint density at radius 3 is 2.79 bits per heavy atom. The first kappa shape index (κ1) is 16.0. The highest BCUT2D eigenvalue weighted by atomic mass is 35.5. The Morgan fingerprint density at radius 2 is 2.12 bits per heavy atom. The van der Waals surface area contributed by atoms with Crippen LogP contribution < -0.4 is 5.32 Å². The van der Waals surface area contributed by atoms with E-state index < -0.39 is 0 Å². The van der Waals surface area contributed by atoms with Crippen molar-refractivity contribution in [2.24, 2.45) is 0 Å². The molecule has 3 aromatic rings. The number of halogens is 2. The Kier molecular flexibility index (Phi) is 4.50. The summed E-state index contributed by atoms with van der Waals surface area (Å²) < 4.78 is 16.1. The zero-order valence-electron chi connectivity index (χ0n) is 12.9. The topological polar surface area (TPSA) is 53.6 Å². The number of nitriles is 1. The summed E-state index contributed by atoms with van der Waals surface area (Å²) in [7, 11) is 0. The van der Waals surface area contributed by atoms with Gasteiger partial charge in [-0.3, -0.25) is 0 Å². The Bertz CT molecular complexity index is 927. The summed E-state index contributed by atoms with van der Waals surface area (Å²) in [6, 6.07) is 12.2. The molecule has 4 nitrogen and oxygen atoms in total. The molecule has 6 heteroatoms. The predicted octanol–water partition coefficient (Wildman–Crippen LogP) is 4.46. The molecule has 1 aromatic heterocycles. The summed E-state index contributed by atoms with van der Waals surface area (Å²) >= 11 is 5.88. The van der Waals surface area contributed by atoms with Gasteiger partial charge in [-0.05, 0) is 42.8 Å². The maximum atomic E-state index is 14.4. The molecular weight excluding hydrogens is 327 g/mol. The maximum absolute atomic E-state index is 14.4. The molecule has 1 heterocycles. The fourth-order valence-electron chi connectivity index (χ4n) is 2.45. The molecule has 120 valence electrons. The molecular formula is C18H14ClFN4. The second-order valence-corrected chi connectivity index (χ2v) is 5.72. The van der Waals surface area contributed by atoms with Gasteiger partial charge in [0, 0.05) is 24.0 Å². The van der Waals surface area contributed by atoms with Crippen LogP contribution in [0.25, 0.3) is 5.69 Å². The summed E-state index contributed by atoms with van der Waals surface area (Å²) in [5.74, 6) is 0.395. The van der Waals surface area contributed by atoms with Crippen molar-refractivity contribution in [2.45, 2.75) is 13.5 Å². The summed E-state index contributed by atoms with van der Waals surface area (Å²) in [6.45, 7) is 2.22. The van der Waals surface area contributed by atoms with E-state index in [1.807, 2.05) is 13.0 Å². The van der Waals surface area contributed by atoms with Crippen molar-refractivity contribution in [1.29, 1.82) is 5.26 Å². The standard InChI is InChI=1S/C18H14ClFN4/c1-12-22-6-7-24(12)18-5-2-13(8-16(18)20)11-23-17-4-3-15(19)9-14(17)10-21/h2-9,23H,11H2,1H3. The van der Waals surface area contributed by atoms with Crippen LogP contribution in [0.4, 0.5) is 10.1 Å². The molecule has 0 atom stereocenters. The predicted molar refractivity (Wildman–Crippen MR) is 91.8 cm³/mol. The lowest BCUT2D eigenvalue weighted by Gasteiger charge is -2.11. The first-order valence-electron chi connectivity index (χ1n) is 7.31. The molecule has 0 unspecified atom stereocenters. The second-order valence-electron chi connectivity index (χ2n) is 5.29. The molecule has 24 heavy (non-hydrogen) atoms. The van der Waals surface area contributed by atoms with E-state index in [0.717, 1.165) is 11.4 Å². The van der Waals surface area contributed by atoms with E-state index in [1.54, 1.807) is 41.2 Å². The average Bonchev–Trinajstić information content (AvgIpc) is 2.99. The molecule has 3 rings (SSSR count). The van der Waals surface area contributed by atoms with Crippen LogP contribution >= 0.6 is 11.6 Å². The third-order valence-electron chi connectivity index (χ3n) is 3.68. The van der Waals surface area contributed by atoms with E-state index in [2.05, 4.69) is 16.4 Å². The molecule has 0 aliphatic carbocycles. The summed E-state index contributed by atoms with van der Waals surface area (Å²) in [5, 5.41) is 12.8. The fourth-order valence-corrected chi connectivity index (χ4v) is 2.62. The number of hydrogen-bond donors (Lipinski definition) is 1. The molecule has 0 radical (unpaired) electrons. The third kappa shape index (κ3) is 3.24. The van der Waals surface area contributed by atoms with Gasteiger partial charge >= 0.3 is 0 Å². The highest BCUT2D eigenvalue weighted by molar-refractivity contribution is 6.30. The number of rotatable bonds is 4. The van der Waals surface area contributed by atoms with Gasteiger partial charge in [0.25, 0.3) is 0 Å². The van der Waals surface area contributed by atoms with Gasteiger partial charge in [-0.2, -0.15) is 5.26 Å². The van der Waals surface area contributed by atoms with Gasteiger partial charge in [0.05, 0.1) is 16.9 Å². The number of imidazole rings is 1. The van der Waals surface area contributed by atoms with Crippen molar-refractivity contribution in [2.75, 3.05) is 5.32 Å². The molecule has 0 saturated carbocycles. The number of aromatic nitrogens is 2. The third-order valence-corrected chi connectivity index (χ3v) is 3.92. The maximum Gasteiger partial charge on any atom is 0.147 e. The normalized spacial score (nSPS) is 10.4. The number of hydrogen-bond acceptors (Lipinski definition) is 3. The minimum absolute atomic E-state index is 0.327. The summed E-state index contributed by atoms with van der Waals surface area (Å²) in [6.07, 6.45) is 3.35. The van der Waals surface area contributed by atoms with Gasteiger partial charge in [-0.1, -0.05) is 17.7 Å². The second kappa shape index (κ2) is 6.73. The van der Waals surface area contributed by atoms with Gasteiger partial charge in [0.2, 0.25) is 0 Å². The molecule has 1 N–H and O–H groups in total. The largest absolute Gasteiger partial charge is 0.380 e. The lowest BCUT2D eigenvalue weighted by molar-refractivity contribution is 0.614. The van der Waals surface area contributed by atoms with Gasteiger partial charge in [0.1, 0.15) is 17.7 Å². The molecule has 0 amide bonds. The molecule has 0 spiro atoms. The zero-order chi connectivity index (χ0) is 17.1. The monoisotopic (exact) mass is 340 g/mol. The highest BCUT2D eigenvalue weighted by Gasteiger charge is 2.08. The van der Waals surface area contributed by atoms with Gasteiger partial charge in [-0.25, -0.2) is 9.37 Å². The lowest BCUT2D eigenvalue weighted by atomic mass is 10.1. The van der Waals surface area contributed by atoms with Crippen LogP contribution in [0.1, 0.15) is 17.0 Å². The van der Waals surface area contributed by atoms with Crippen LogP contribution in [0.2, 0.25) is 5.02 Å². The van der Waals surface area contributed by atoms with Crippen LogP contribution in [-0.2, 0) is 6.54 Å². The SMILES string of the molecule is Cc1nccn1-c1ccc(CNc2ccc(Cl)cc2C#N)cc1F. The van der Waals surface area contributed by atoms with Crippen molar-refractivity contribution in [3.63, 3.8) is 0 Å². The van der Waals surface area contributed by atoms with E-state index in [9.17, 15) is 4.39 Å². The number of nitrogens with zero attached hydrogens (tertiary/aromatic N) is 3. The molecule has 2 aromatic carbocycles. The van der Waals surface area contributed by atoms with Crippen molar-refractivity contribution in [3.8, 4) is 11.8 Å². The zero-order valence-corrected chi connectivity index (χ0v) is 13.7. The minimum Gasteiger partial charge on any atom is -0.380 e. The molecule has 0 aliphatic rings. The van der Waals surface area contributed by atoms with Crippen LogP contribution in [0.15, 0.2) is 48.8 Å². The summed E-state index contributed by atoms with van der Waals surface area (Å²) in [5.41, 5.74) is 2.34. The average molecular weight is 341 g/mol. The van der Waals surface area contributed by atoms with Gasteiger partial charge in [-0.15, -0.1) is 0 Å². The van der Waals surface area contributed by atoms with E-state index in [0.29, 0.717) is 28.5 Å². The van der Waals surface area contributed by atoms with E-state index in [-0.39, 0.29) is 5.82 Å². The first-order chi connectivity index (χ1) is 11.6. The number of anilines is 1. The van der Waals surface area contributed by atoms with Crippen LogP contribution in [0.5, 0.6) is 0 Å². The molecule has 0 bridgehead atoms. The van der Waals surface area contributed by atoms with Crippen LogP contribution in [0, 0.1) is 24.1 Å². The highest BCUT2D eigenvalue weighted by Crippen LogP contribution is 2.22. The lowest BCUT2D eigenvalue weighted by Crippen LogP contribution is -2.04. The van der Waals surface area contributed by atoms with E-state index in [1.165, 1.54) is 6.07 Å². The first-order valence-corrected chi connectivity index (χ1v) is 7.68. The van der Waals surface area contributed by atoms with Crippen molar-refractivity contribution in [3.05, 3.63) is 76.6 Å². The van der Waals surface area contributed by atoms with Crippen LogP contribution in [-0.4, -0.2) is 9.55 Å². The summed E-state index contributed by atoms with van der Waals surface area (Å²) in [4.78, 5) is 4.10. The molecule has 0 saturated heterocycles. The van der Waals surface area contributed by atoms with Crippen molar-refractivity contribution >= 4 is 17.3 Å². The van der Waals surface area contributed by atoms with Gasteiger partial charge < -0.3 is 9.88 Å². The van der Waals surface area contributed by atoms with Gasteiger partial charge in [0.15, 0.2) is 0 Å². The quantitative estimate of drug-likeness (QED) is 0.763. The fraction of sp³-hybridized carbons (Fsp3) is 0.111. The Hall–Kier alpha value is -2.84. The van der Waals surface area contributed by atoms with Crippen LogP contribution in [0.3, 0.4) is 0 Å². The van der Waals surface area contributed by atoms with Crippen molar-refractivity contribution < 1.29 is 4.39 Å². The number of aryl methyl sites for hydroxylation is 1. The number of nitrogens with one attached hydrogen (secondary N) is 1. The smallest absolute Gasteiger partial charge is 0.147 e. The Balaban J connectivity index is 1.79. The Labute approximate surface area is 144 Å². The molecule has 0 aliphatic heterocycles. The minimum atomic E-state index is -0.327. The van der Waals surface area contributed by atoms with E-state index in [4.69, 9.17) is 16.9 Å². The Morgan fingerprint density at radius 1 is 1.29 bits per heavy atom. The molecule has 0 fully saturated rings. The van der Waals surface area contributed by atoms with Crippen molar-refractivity contribution in [1.82, 2.24) is 9.55 Å². The van der Waals surface area contributed by atoms with E-state index >= 15 is 0 Å².